The predicted octanol–water partition coefficient (Wildman–Crippen LogP) is 0.781. The zero-order valence-corrected chi connectivity index (χ0v) is 15.1. The smallest absolute Gasteiger partial charge is 0.167 e. The average molecular weight is 353 g/mol. The molecule has 3 heterocycles. The van der Waals surface area contributed by atoms with Crippen molar-refractivity contribution in [2.45, 2.75) is 31.0 Å². The SMILES string of the molecule is C=P(C)(C)CC[C@H]1O[C@@H](n2cnc3c(N)ncnc32)[C@H](OC)[C@@H]1O. The Morgan fingerprint density at radius 3 is 2.83 bits per heavy atom. The summed E-state index contributed by atoms with van der Waals surface area (Å²) < 4.78 is 13.3. The number of nitrogens with zero attached hydrogens (tertiary/aromatic N) is 4. The van der Waals surface area contributed by atoms with E-state index in [9.17, 15) is 5.11 Å². The molecule has 1 fully saturated rings. The van der Waals surface area contributed by atoms with Crippen LogP contribution in [0.5, 0.6) is 0 Å². The van der Waals surface area contributed by atoms with Crippen LogP contribution in [0.15, 0.2) is 12.7 Å². The summed E-state index contributed by atoms with van der Waals surface area (Å²) in [6, 6.07) is 0. The number of aliphatic hydroxyl groups excluding tert-OH is 1. The first-order valence-electron chi connectivity index (χ1n) is 7.78. The van der Waals surface area contributed by atoms with E-state index in [2.05, 4.69) is 34.6 Å². The molecule has 3 rings (SSSR count). The molecular weight excluding hydrogens is 329 g/mol. The summed E-state index contributed by atoms with van der Waals surface area (Å²) >= 11 is 0. The van der Waals surface area contributed by atoms with E-state index in [1.54, 1.807) is 18.0 Å². The summed E-state index contributed by atoms with van der Waals surface area (Å²) in [6.07, 6.45) is 6.83. The van der Waals surface area contributed by atoms with Gasteiger partial charge in [0.05, 0.1) is 12.4 Å². The first-order valence-corrected chi connectivity index (χ1v) is 10.8. The van der Waals surface area contributed by atoms with Crippen molar-refractivity contribution >= 4 is 30.2 Å². The molecule has 4 atom stereocenters. The lowest BCUT2D eigenvalue weighted by Gasteiger charge is -2.19. The third-order valence-electron chi connectivity index (χ3n) is 4.27. The number of aliphatic hydroxyl groups is 1. The van der Waals surface area contributed by atoms with Crippen LogP contribution in [-0.2, 0) is 9.47 Å². The highest BCUT2D eigenvalue weighted by atomic mass is 31.2. The highest BCUT2D eigenvalue weighted by Gasteiger charge is 2.45. The second-order valence-electron chi connectivity index (χ2n) is 6.79. The Hall–Kier alpha value is -1.47. The maximum absolute atomic E-state index is 10.6. The van der Waals surface area contributed by atoms with Gasteiger partial charge in [0, 0.05) is 7.11 Å². The van der Waals surface area contributed by atoms with Crippen molar-refractivity contribution in [1.29, 1.82) is 0 Å². The molecule has 9 heteroatoms. The highest BCUT2D eigenvalue weighted by Crippen LogP contribution is 2.40. The van der Waals surface area contributed by atoms with Crippen molar-refractivity contribution in [1.82, 2.24) is 19.5 Å². The summed E-state index contributed by atoms with van der Waals surface area (Å²) in [5.74, 6) is 0.311. The largest absolute Gasteiger partial charge is 0.388 e. The van der Waals surface area contributed by atoms with Gasteiger partial charge in [0.15, 0.2) is 17.7 Å². The number of hydrogen-bond acceptors (Lipinski definition) is 7. The van der Waals surface area contributed by atoms with E-state index < -0.39 is 25.3 Å². The molecule has 1 aliphatic rings. The summed E-state index contributed by atoms with van der Waals surface area (Å²) in [5.41, 5.74) is 6.91. The van der Waals surface area contributed by atoms with Gasteiger partial charge in [-0.3, -0.25) is 4.57 Å². The Morgan fingerprint density at radius 1 is 1.42 bits per heavy atom. The normalized spacial score (nSPS) is 27.8. The van der Waals surface area contributed by atoms with E-state index in [1.165, 1.54) is 6.33 Å². The van der Waals surface area contributed by atoms with Crippen LogP contribution in [0.25, 0.3) is 11.2 Å². The fraction of sp³-hybridized carbons (Fsp3) is 0.600. The number of nitrogen functional groups attached to an aromatic ring is 1. The Morgan fingerprint density at radius 2 is 2.17 bits per heavy atom. The lowest BCUT2D eigenvalue weighted by Crippen LogP contribution is -2.33. The number of fused-ring (bicyclic) bond motifs is 1. The van der Waals surface area contributed by atoms with Crippen molar-refractivity contribution < 1.29 is 14.6 Å². The maximum atomic E-state index is 10.6. The van der Waals surface area contributed by atoms with Crippen LogP contribution < -0.4 is 5.73 Å². The quantitative estimate of drug-likeness (QED) is 0.765. The molecule has 2 aromatic heterocycles. The average Bonchev–Trinajstić information content (AvgIpc) is 3.06. The van der Waals surface area contributed by atoms with Crippen LogP contribution in [0, 0.1) is 0 Å². The van der Waals surface area contributed by atoms with Gasteiger partial charge in [0.25, 0.3) is 0 Å². The monoisotopic (exact) mass is 353 g/mol. The van der Waals surface area contributed by atoms with Gasteiger partial charge in [-0.2, -0.15) is 0 Å². The first kappa shape index (κ1) is 17.4. The molecule has 0 radical (unpaired) electrons. The molecule has 3 N–H and O–H groups in total. The van der Waals surface area contributed by atoms with Gasteiger partial charge in [-0.1, -0.05) is 0 Å². The first-order chi connectivity index (χ1) is 11.3. The van der Waals surface area contributed by atoms with Gasteiger partial charge >= 0.3 is 0 Å². The number of anilines is 1. The van der Waals surface area contributed by atoms with E-state index in [-0.39, 0.29) is 6.10 Å². The van der Waals surface area contributed by atoms with E-state index >= 15 is 0 Å². The minimum absolute atomic E-state index is 0.308. The van der Waals surface area contributed by atoms with Gasteiger partial charge in [-0.05, 0) is 25.9 Å². The highest BCUT2D eigenvalue weighted by molar-refractivity contribution is 7.72. The Kier molecular flexibility index (Phi) is 4.66. The molecule has 1 aliphatic heterocycles. The third-order valence-corrected chi connectivity index (χ3v) is 5.73. The maximum Gasteiger partial charge on any atom is 0.167 e. The zero-order chi connectivity index (χ0) is 17.5. The Bertz CT molecular complexity index is 774. The lowest BCUT2D eigenvalue weighted by atomic mass is 10.1. The second kappa shape index (κ2) is 6.44. The molecule has 1 saturated heterocycles. The van der Waals surface area contributed by atoms with Crippen molar-refractivity contribution in [3.05, 3.63) is 12.7 Å². The Balaban J connectivity index is 1.89. The van der Waals surface area contributed by atoms with E-state index in [0.29, 0.717) is 17.0 Å². The minimum atomic E-state index is -1.19. The molecule has 8 nitrogen and oxygen atoms in total. The van der Waals surface area contributed by atoms with E-state index in [1.807, 2.05) is 0 Å². The molecule has 0 aliphatic carbocycles. The molecular formula is C15H24N5O3P. The number of hydrogen-bond donors (Lipinski definition) is 2. The predicted molar refractivity (Wildman–Crippen MR) is 95.8 cm³/mol. The molecule has 0 bridgehead atoms. The zero-order valence-electron chi connectivity index (χ0n) is 14.2. The molecule has 0 amide bonds. The minimum Gasteiger partial charge on any atom is -0.388 e. The fourth-order valence-electron chi connectivity index (χ4n) is 2.97. The fourth-order valence-corrected chi connectivity index (χ4v) is 3.92. The van der Waals surface area contributed by atoms with Crippen LogP contribution in [0.2, 0.25) is 0 Å². The van der Waals surface area contributed by atoms with Gasteiger partial charge in [-0.15, -0.1) is 13.2 Å². The topological polar surface area (TPSA) is 108 Å². The number of rotatable bonds is 5. The van der Waals surface area contributed by atoms with Gasteiger partial charge in [0.1, 0.15) is 24.1 Å². The van der Waals surface area contributed by atoms with Crippen molar-refractivity contribution in [2.75, 3.05) is 32.3 Å². The van der Waals surface area contributed by atoms with Crippen LogP contribution >= 0.6 is 6.89 Å². The van der Waals surface area contributed by atoms with Crippen LogP contribution in [0.4, 0.5) is 5.82 Å². The molecule has 2 aromatic rings. The van der Waals surface area contributed by atoms with E-state index in [4.69, 9.17) is 15.2 Å². The summed E-state index contributed by atoms with van der Waals surface area (Å²) in [7, 11) is 1.56. The van der Waals surface area contributed by atoms with Crippen LogP contribution in [0.1, 0.15) is 12.6 Å². The number of imidazole rings is 1. The molecule has 0 saturated carbocycles. The number of methoxy groups -OCH3 is 1. The summed E-state index contributed by atoms with van der Waals surface area (Å²) in [6.45, 7) is 3.15. The molecule has 0 aromatic carbocycles. The van der Waals surface area contributed by atoms with Crippen LogP contribution in [-0.4, -0.2) is 75.8 Å². The second-order valence-corrected chi connectivity index (χ2v) is 11.1. The molecule has 0 unspecified atom stereocenters. The van der Waals surface area contributed by atoms with Gasteiger partial charge in [-0.25, -0.2) is 15.0 Å². The molecule has 24 heavy (non-hydrogen) atoms. The standard InChI is InChI=1S/C15H24N5O3P/c1-22-12-11(21)9(5-6-24(2,3)4)23-15(12)20-8-19-10-13(16)17-7-18-14(10)20/h7-9,11-12,15,21H,2,5-6H2,1,3-4H3,(H2,16,17,18)/t9-,11-,12-,15-/m1/s1. The summed E-state index contributed by atoms with van der Waals surface area (Å²) in [4.78, 5) is 12.4. The third kappa shape index (κ3) is 3.19. The van der Waals surface area contributed by atoms with Crippen molar-refractivity contribution in [3.8, 4) is 0 Å². The van der Waals surface area contributed by atoms with Crippen molar-refractivity contribution in [2.24, 2.45) is 0 Å². The molecule has 132 valence electrons. The summed E-state index contributed by atoms with van der Waals surface area (Å²) in [5, 5.41) is 10.6. The van der Waals surface area contributed by atoms with Gasteiger partial charge < -0.3 is 20.3 Å². The number of aromatic nitrogens is 4. The van der Waals surface area contributed by atoms with E-state index in [0.717, 1.165) is 12.6 Å². The Labute approximate surface area is 141 Å². The molecule has 0 spiro atoms. The van der Waals surface area contributed by atoms with Gasteiger partial charge in [0.2, 0.25) is 0 Å². The number of ether oxygens (including phenoxy) is 2. The lowest BCUT2D eigenvalue weighted by molar-refractivity contribution is -0.0496. The van der Waals surface area contributed by atoms with Crippen LogP contribution in [0.3, 0.4) is 0 Å². The number of nitrogens with two attached hydrogens (primary N) is 1. The van der Waals surface area contributed by atoms with Crippen molar-refractivity contribution in [3.63, 3.8) is 0 Å².